The number of nitrogens with zero attached hydrogens (tertiary/aromatic N) is 3. The summed E-state index contributed by atoms with van der Waals surface area (Å²) in [5, 5.41) is 4.91. The van der Waals surface area contributed by atoms with Crippen molar-refractivity contribution in [1.29, 1.82) is 0 Å². The molecule has 26 heavy (non-hydrogen) atoms. The summed E-state index contributed by atoms with van der Waals surface area (Å²) < 4.78 is 5.65. The molecule has 0 aliphatic heterocycles. The van der Waals surface area contributed by atoms with E-state index in [0.29, 0.717) is 19.0 Å². The maximum Gasteiger partial charge on any atom is 0.286 e. The Morgan fingerprint density at radius 1 is 1.08 bits per heavy atom. The van der Waals surface area contributed by atoms with E-state index in [0.717, 1.165) is 23.4 Å². The Bertz CT molecular complexity index is 882. The molecule has 0 atom stereocenters. The Labute approximate surface area is 156 Å². The van der Waals surface area contributed by atoms with E-state index in [1.54, 1.807) is 18.5 Å². The van der Waals surface area contributed by atoms with Gasteiger partial charge in [-0.1, -0.05) is 29.8 Å². The fourth-order valence-electron chi connectivity index (χ4n) is 2.36. The van der Waals surface area contributed by atoms with Crippen molar-refractivity contribution in [3.63, 3.8) is 0 Å². The van der Waals surface area contributed by atoms with Gasteiger partial charge in [-0.2, -0.15) is 0 Å². The van der Waals surface area contributed by atoms with Gasteiger partial charge in [0, 0.05) is 29.5 Å². The Balaban J connectivity index is 1.50. The van der Waals surface area contributed by atoms with E-state index in [-0.39, 0.29) is 5.56 Å². The average molecular weight is 371 g/mol. The van der Waals surface area contributed by atoms with Gasteiger partial charge in [-0.05, 0) is 42.2 Å². The van der Waals surface area contributed by atoms with Gasteiger partial charge in [-0.3, -0.25) is 9.78 Å². The fourth-order valence-corrected chi connectivity index (χ4v) is 2.48. The zero-order valence-electron chi connectivity index (χ0n) is 14.1. The predicted molar refractivity (Wildman–Crippen MR) is 101 cm³/mol. The van der Waals surface area contributed by atoms with E-state index < -0.39 is 0 Å². The van der Waals surface area contributed by atoms with Crippen molar-refractivity contribution in [3.8, 4) is 5.88 Å². The standard InChI is InChI=1S/C19H19ClN4O2/c20-17-7-5-15(6-8-17)4-2-12-26-18-9-10-19(25)24(23-18)22-14-16-3-1-11-21-13-16/h1,3,5-11,13,22H,2,4,12,14H2. The minimum absolute atomic E-state index is 0.248. The molecule has 2 aromatic heterocycles. The first-order valence-electron chi connectivity index (χ1n) is 8.31. The number of pyridine rings is 1. The van der Waals surface area contributed by atoms with Gasteiger partial charge >= 0.3 is 0 Å². The molecule has 1 N–H and O–H groups in total. The van der Waals surface area contributed by atoms with Crippen LogP contribution < -0.4 is 15.7 Å². The second kappa shape index (κ2) is 9.01. The summed E-state index contributed by atoms with van der Waals surface area (Å²) >= 11 is 5.88. The van der Waals surface area contributed by atoms with Gasteiger partial charge in [-0.15, -0.1) is 9.89 Å². The molecule has 2 heterocycles. The van der Waals surface area contributed by atoms with Crippen molar-refractivity contribution in [2.45, 2.75) is 19.4 Å². The molecule has 0 amide bonds. The molecule has 7 heteroatoms. The van der Waals surface area contributed by atoms with E-state index in [9.17, 15) is 4.79 Å². The molecule has 0 bridgehead atoms. The van der Waals surface area contributed by atoms with Crippen LogP contribution in [0.4, 0.5) is 0 Å². The number of benzene rings is 1. The van der Waals surface area contributed by atoms with Crippen LogP contribution in [0.3, 0.4) is 0 Å². The van der Waals surface area contributed by atoms with Gasteiger partial charge in [-0.25, -0.2) is 0 Å². The molecule has 0 aliphatic rings. The second-order valence-corrected chi connectivity index (χ2v) is 6.13. The van der Waals surface area contributed by atoms with Crippen molar-refractivity contribution >= 4 is 11.6 Å². The van der Waals surface area contributed by atoms with Crippen LogP contribution >= 0.6 is 11.6 Å². The molecule has 0 aliphatic carbocycles. The number of halogens is 1. The normalized spacial score (nSPS) is 10.5. The summed E-state index contributed by atoms with van der Waals surface area (Å²) in [6.45, 7) is 0.956. The van der Waals surface area contributed by atoms with Gasteiger partial charge in [0.1, 0.15) is 0 Å². The van der Waals surface area contributed by atoms with Crippen LogP contribution in [0.15, 0.2) is 65.7 Å². The molecule has 0 unspecified atom stereocenters. The van der Waals surface area contributed by atoms with Crippen LogP contribution in [0, 0.1) is 0 Å². The van der Waals surface area contributed by atoms with Crippen molar-refractivity contribution in [1.82, 2.24) is 14.9 Å². The van der Waals surface area contributed by atoms with Crippen LogP contribution in [0.5, 0.6) is 5.88 Å². The number of rotatable bonds is 8. The zero-order chi connectivity index (χ0) is 18.2. The zero-order valence-corrected chi connectivity index (χ0v) is 14.9. The molecule has 0 radical (unpaired) electrons. The number of hydrogen-bond donors (Lipinski definition) is 1. The molecule has 0 fully saturated rings. The number of nitrogens with one attached hydrogen (secondary N) is 1. The molecule has 3 aromatic rings. The maximum absolute atomic E-state index is 11.9. The van der Waals surface area contributed by atoms with Gasteiger partial charge in [0.15, 0.2) is 0 Å². The first kappa shape index (κ1) is 17.9. The van der Waals surface area contributed by atoms with Crippen molar-refractivity contribution in [3.05, 3.63) is 87.4 Å². The lowest BCUT2D eigenvalue weighted by molar-refractivity contribution is 0.291. The third-order valence-electron chi connectivity index (χ3n) is 3.70. The van der Waals surface area contributed by atoms with Crippen LogP contribution in [0.2, 0.25) is 5.02 Å². The molecule has 134 valence electrons. The lowest BCUT2D eigenvalue weighted by atomic mass is 10.1. The quantitative estimate of drug-likeness (QED) is 0.617. The highest BCUT2D eigenvalue weighted by Gasteiger charge is 2.02. The summed E-state index contributed by atoms with van der Waals surface area (Å²) in [4.78, 5) is 17.1. The highest BCUT2D eigenvalue weighted by molar-refractivity contribution is 6.30. The lowest BCUT2D eigenvalue weighted by Crippen LogP contribution is -2.30. The predicted octanol–water partition coefficient (Wildman–Crippen LogP) is 3.05. The minimum Gasteiger partial charge on any atom is -0.477 e. The van der Waals surface area contributed by atoms with E-state index >= 15 is 0 Å². The Morgan fingerprint density at radius 3 is 2.69 bits per heavy atom. The Kier molecular flexibility index (Phi) is 6.22. The topological polar surface area (TPSA) is 69.0 Å². The van der Waals surface area contributed by atoms with Gasteiger partial charge in [0.25, 0.3) is 5.56 Å². The molecule has 3 rings (SSSR count). The van der Waals surface area contributed by atoms with Gasteiger partial charge < -0.3 is 10.2 Å². The molecule has 0 saturated heterocycles. The third-order valence-corrected chi connectivity index (χ3v) is 3.96. The molecular weight excluding hydrogens is 352 g/mol. The highest BCUT2D eigenvalue weighted by Crippen LogP contribution is 2.11. The number of aryl methyl sites for hydroxylation is 1. The summed E-state index contributed by atoms with van der Waals surface area (Å²) in [7, 11) is 0. The molecule has 0 saturated carbocycles. The summed E-state index contributed by atoms with van der Waals surface area (Å²) in [5.41, 5.74) is 4.86. The van der Waals surface area contributed by atoms with Crippen molar-refractivity contribution in [2.24, 2.45) is 0 Å². The Hall–Kier alpha value is -2.86. The van der Waals surface area contributed by atoms with Crippen LogP contribution in [-0.4, -0.2) is 21.5 Å². The van der Waals surface area contributed by atoms with Gasteiger partial charge in [0.05, 0.1) is 13.2 Å². The molecule has 1 aromatic carbocycles. The first-order valence-corrected chi connectivity index (χ1v) is 8.69. The first-order chi connectivity index (χ1) is 12.7. The smallest absolute Gasteiger partial charge is 0.286 e. The fraction of sp³-hybridized carbons (Fsp3) is 0.211. The highest BCUT2D eigenvalue weighted by atomic mass is 35.5. The van der Waals surface area contributed by atoms with Crippen LogP contribution in [0.25, 0.3) is 0 Å². The summed E-state index contributed by atoms with van der Waals surface area (Å²) in [5.74, 6) is 0.402. The largest absolute Gasteiger partial charge is 0.477 e. The molecule has 0 spiro atoms. The lowest BCUT2D eigenvalue weighted by Gasteiger charge is -2.10. The second-order valence-electron chi connectivity index (χ2n) is 5.70. The Morgan fingerprint density at radius 2 is 1.92 bits per heavy atom. The van der Waals surface area contributed by atoms with Crippen LogP contribution in [0.1, 0.15) is 17.5 Å². The van der Waals surface area contributed by atoms with E-state index in [1.165, 1.54) is 16.4 Å². The summed E-state index contributed by atoms with van der Waals surface area (Å²) in [6.07, 6.45) is 5.16. The van der Waals surface area contributed by atoms with E-state index in [4.69, 9.17) is 16.3 Å². The van der Waals surface area contributed by atoms with Crippen molar-refractivity contribution in [2.75, 3.05) is 12.0 Å². The van der Waals surface area contributed by atoms with Crippen molar-refractivity contribution < 1.29 is 4.74 Å². The molecule has 6 nitrogen and oxygen atoms in total. The summed E-state index contributed by atoms with van der Waals surface area (Å²) in [6, 6.07) is 14.5. The number of aromatic nitrogens is 3. The van der Waals surface area contributed by atoms with E-state index in [1.807, 2.05) is 36.4 Å². The third kappa shape index (κ3) is 5.32. The molecular formula is C19H19ClN4O2. The van der Waals surface area contributed by atoms with E-state index in [2.05, 4.69) is 15.5 Å². The SMILES string of the molecule is O=c1ccc(OCCCc2ccc(Cl)cc2)nn1NCc1cccnc1. The van der Waals surface area contributed by atoms with Crippen LogP contribution in [-0.2, 0) is 13.0 Å². The minimum atomic E-state index is -0.248. The average Bonchev–Trinajstić information content (AvgIpc) is 2.67. The number of ether oxygens (including phenoxy) is 1. The number of hydrogen-bond acceptors (Lipinski definition) is 5. The maximum atomic E-state index is 11.9. The van der Waals surface area contributed by atoms with Gasteiger partial charge in [0.2, 0.25) is 5.88 Å². The monoisotopic (exact) mass is 370 g/mol.